The van der Waals surface area contributed by atoms with Crippen LogP contribution in [0.3, 0.4) is 0 Å². The van der Waals surface area contributed by atoms with Gasteiger partial charge in [0.05, 0.1) is 13.0 Å². The molecule has 1 aromatic rings. The Hall–Kier alpha value is -1.16. The Morgan fingerprint density at radius 1 is 1.50 bits per heavy atom. The number of alkyl halides is 2. The molecule has 5 heteroatoms. The maximum atomic E-state index is 13.4. The topological polar surface area (TPSA) is 26.3 Å². The number of halogens is 3. The molecule has 1 fully saturated rings. The van der Waals surface area contributed by atoms with Crippen LogP contribution in [0.15, 0.2) is 24.3 Å². The first-order chi connectivity index (χ1) is 7.48. The van der Waals surface area contributed by atoms with Crippen LogP contribution in [0.2, 0.25) is 5.02 Å². The molecule has 2 rings (SSSR count). The van der Waals surface area contributed by atoms with Gasteiger partial charge in [0.2, 0.25) is 0 Å². The Bertz CT molecular complexity index is 434. The Labute approximate surface area is 96.2 Å². The predicted octanol–water partition coefficient (Wildman–Crippen LogP) is 2.86. The van der Waals surface area contributed by atoms with E-state index in [0.717, 1.165) is 7.11 Å². The van der Waals surface area contributed by atoms with Gasteiger partial charge < -0.3 is 4.74 Å². The van der Waals surface area contributed by atoms with E-state index in [1.165, 1.54) is 12.1 Å². The maximum Gasteiger partial charge on any atom is 0.315 e. The van der Waals surface area contributed by atoms with E-state index in [0.29, 0.717) is 10.6 Å². The number of hydrogen-bond donors (Lipinski definition) is 0. The van der Waals surface area contributed by atoms with Crippen molar-refractivity contribution in [1.29, 1.82) is 0 Å². The number of carbonyl (C=O) groups excluding carboxylic acids is 1. The zero-order valence-electron chi connectivity index (χ0n) is 8.41. The fraction of sp³-hybridized carbons (Fsp3) is 0.364. The Balaban J connectivity index is 2.27. The quantitative estimate of drug-likeness (QED) is 0.750. The molecule has 0 spiro atoms. The fourth-order valence-corrected chi connectivity index (χ4v) is 2.06. The van der Waals surface area contributed by atoms with Gasteiger partial charge in [-0.1, -0.05) is 23.7 Å². The lowest BCUT2D eigenvalue weighted by molar-refractivity contribution is -0.144. The number of methoxy groups -OCH3 is 1. The first-order valence-electron chi connectivity index (χ1n) is 4.69. The molecule has 16 heavy (non-hydrogen) atoms. The lowest BCUT2D eigenvalue weighted by Gasteiger charge is -1.98. The Morgan fingerprint density at radius 3 is 2.75 bits per heavy atom. The third-order valence-electron chi connectivity index (χ3n) is 2.72. The minimum Gasteiger partial charge on any atom is -0.469 e. The van der Waals surface area contributed by atoms with Crippen LogP contribution in [0.4, 0.5) is 8.78 Å². The van der Waals surface area contributed by atoms with Crippen molar-refractivity contribution in [3.63, 3.8) is 0 Å². The molecule has 86 valence electrons. The summed E-state index contributed by atoms with van der Waals surface area (Å²) in [5, 5.41) is 0.379. The van der Waals surface area contributed by atoms with Crippen LogP contribution in [0.25, 0.3) is 0 Å². The van der Waals surface area contributed by atoms with E-state index in [4.69, 9.17) is 11.6 Å². The number of ether oxygens (including phenoxy) is 1. The smallest absolute Gasteiger partial charge is 0.315 e. The van der Waals surface area contributed by atoms with Gasteiger partial charge in [0, 0.05) is 5.02 Å². The second-order valence-corrected chi connectivity index (χ2v) is 4.14. The van der Waals surface area contributed by atoms with Crippen LogP contribution in [0, 0.1) is 5.92 Å². The van der Waals surface area contributed by atoms with Gasteiger partial charge in [0.15, 0.2) is 0 Å². The average Bonchev–Trinajstić information content (AvgIpc) is 2.80. The van der Waals surface area contributed by atoms with Crippen LogP contribution >= 0.6 is 11.6 Å². The summed E-state index contributed by atoms with van der Waals surface area (Å²) in [5.41, 5.74) is 0.368. The Morgan fingerprint density at radius 2 is 2.19 bits per heavy atom. The van der Waals surface area contributed by atoms with Gasteiger partial charge in [-0.3, -0.25) is 4.79 Å². The minimum atomic E-state index is -3.03. The minimum absolute atomic E-state index is 0.368. The molecule has 0 aromatic heterocycles. The second-order valence-electron chi connectivity index (χ2n) is 3.71. The average molecular weight is 247 g/mol. The molecule has 0 heterocycles. The third-order valence-corrected chi connectivity index (χ3v) is 2.95. The van der Waals surface area contributed by atoms with Crippen molar-refractivity contribution in [3.05, 3.63) is 34.9 Å². The molecule has 2 nitrogen and oxygen atoms in total. The molecular weight excluding hydrogens is 238 g/mol. The molecule has 1 aliphatic rings. The lowest BCUT2D eigenvalue weighted by atomic mass is 10.1. The number of carbonyl (C=O) groups is 1. The number of esters is 1. The highest BCUT2D eigenvalue weighted by atomic mass is 35.5. The summed E-state index contributed by atoms with van der Waals surface area (Å²) < 4.78 is 31.1. The zero-order valence-corrected chi connectivity index (χ0v) is 9.17. The van der Waals surface area contributed by atoms with E-state index in [9.17, 15) is 13.6 Å². The molecule has 1 aliphatic carbocycles. The molecule has 1 saturated carbocycles. The SMILES string of the molecule is COC(=O)[C@@H]1[C@@H](c2cccc(Cl)c2)C1(F)F. The van der Waals surface area contributed by atoms with E-state index in [2.05, 4.69) is 4.74 Å². The van der Waals surface area contributed by atoms with Crippen molar-refractivity contribution in [1.82, 2.24) is 0 Å². The molecule has 2 atom stereocenters. The molecule has 0 unspecified atom stereocenters. The second kappa shape index (κ2) is 3.70. The first kappa shape index (κ1) is 11.3. The van der Waals surface area contributed by atoms with Crippen LogP contribution in [0.5, 0.6) is 0 Å². The molecular formula is C11H9ClF2O2. The molecule has 0 saturated heterocycles. The van der Waals surface area contributed by atoms with E-state index in [1.807, 2.05) is 0 Å². The van der Waals surface area contributed by atoms with Gasteiger partial charge in [-0.2, -0.15) is 0 Å². The van der Waals surface area contributed by atoms with Gasteiger partial charge in [-0.25, -0.2) is 8.78 Å². The fourth-order valence-electron chi connectivity index (χ4n) is 1.86. The molecule has 0 amide bonds. The van der Waals surface area contributed by atoms with Crippen LogP contribution in [-0.4, -0.2) is 19.0 Å². The summed E-state index contributed by atoms with van der Waals surface area (Å²) in [4.78, 5) is 11.1. The number of benzene rings is 1. The van der Waals surface area contributed by atoms with Crippen LogP contribution in [0.1, 0.15) is 11.5 Å². The first-order valence-corrected chi connectivity index (χ1v) is 5.07. The summed E-state index contributed by atoms with van der Waals surface area (Å²) in [6.07, 6.45) is 0. The van der Waals surface area contributed by atoms with Crippen LogP contribution in [-0.2, 0) is 9.53 Å². The molecule has 0 N–H and O–H groups in total. The molecule has 0 aliphatic heterocycles. The highest BCUT2D eigenvalue weighted by Crippen LogP contribution is 2.62. The normalized spacial score (nSPS) is 26.2. The lowest BCUT2D eigenvalue weighted by Crippen LogP contribution is -2.08. The van der Waals surface area contributed by atoms with Crippen molar-refractivity contribution in [3.8, 4) is 0 Å². The van der Waals surface area contributed by atoms with E-state index >= 15 is 0 Å². The van der Waals surface area contributed by atoms with Crippen molar-refractivity contribution in [2.24, 2.45) is 5.92 Å². The van der Waals surface area contributed by atoms with Gasteiger partial charge >= 0.3 is 5.97 Å². The van der Waals surface area contributed by atoms with Crippen molar-refractivity contribution in [2.45, 2.75) is 11.8 Å². The highest BCUT2D eigenvalue weighted by molar-refractivity contribution is 6.30. The van der Waals surface area contributed by atoms with E-state index < -0.39 is 23.7 Å². The molecule has 1 aromatic carbocycles. The highest BCUT2D eigenvalue weighted by Gasteiger charge is 2.73. The maximum absolute atomic E-state index is 13.4. The summed E-state index contributed by atoms with van der Waals surface area (Å²) >= 11 is 5.71. The monoisotopic (exact) mass is 246 g/mol. The van der Waals surface area contributed by atoms with Crippen molar-refractivity contribution < 1.29 is 18.3 Å². The van der Waals surface area contributed by atoms with Gasteiger partial charge in [0.1, 0.15) is 5.92 Å². The van der Waals surface area contributed by atoms with Crippen molar-refractivity contribution in [2.75, 3.05) is 7.11 Å². The van der Waals surface area contributed by atoms with Crippen molar-refractivity contribution >= 4 is 17.6 Å². The van der Waals surface area contributed by atoms with E-state index in [1.54, 1.807) is 12.1 Å². The largest absolute Gasteiger partial charge is 0.469 e. The third kappa shape index (κ3) is 1.67. The van der Waals surface area contributed by atoms with Gasteiger partial charge in [0.25, 0.3) is 5.92 Å². The summed E-state index contributed by atoms with van der Waals surface area (Å²) in [6.45, 7) is 0. The molecule has 0 bridgehead atoms. The standard InChI is InChI=1S/C11H9ClF2O2/c1-16-10(15)9-8(11(9,13)14)6-3-2-4-7(12)5-6/h2-5,8-9H,1H3/t8-,9+/m1/s1. The van der Waals surface area contributed by atoms with Crippen LogP contribution < -0.4 is 0 Å². The molecule has 0 radical (unpaired) electrons. The summed E-state index contributed by atoms with van der Waals surface area (Å²) in [6, 6.07) is 6.16. The van der Waals surface area contributed by atoms with Gasteiger partial charge in [-0.05, 0) is 17.7 Å². The van der Waals surface area contributed by atoms with E-state index in [-0.39, 0.29) is 0 Å². The predicted molar refractivity (Wildman–Crippen MR) is 54.6 cm³/mol. The van der Waals surface area contributed by atoms with Gasteiger partial charge in [-0.15, -0.1) is 0 Å². The Kier molecular flexibility index (Phi) is 2.62. The zero-order chi connectivity index (χ0) is 11.9. The number of hydrogen-bond acceptors (Lipinski definition) is 2. The summed E-state index contributed by atoms with van der Waals surface area (Å²) in [7, 11) is 1.10. The number of rotatable bonds is 2. The summed E-state index contributed by atoms with van der Waals surface area (Å²) in [5.74, 6) is -6.40.